The van der Waals surface area contributed by atoms with E-state index in [4.69, 9.17) is 9.47 Å². The Morgan fingerprint density at radius 3 is 2.74 bits per heavy atom. The van der Waals surface area contributed by atoms with Gasteiger partial charge in [-0.05, 0) is 24.6 Å². The number of nitrogens with one attached hydrogen (secondary N) is 1. The van der Waals surface area contributed by atoms with E-state index in [1.807, 2.05) is 18.2 Å². The van der Waals surface area contributed by atoms with Gasteiger partial charge in [0.15, 0.2) is 11.6 Å². The third-order valence-corrected chi connectivity index (χ3v) is 4.86. The molecular formula is C20H21FN4O2. The number of halogens is 1. The molecule has 1 aliphatic rings. The fourth-order valence-corrected chi connectivity index (χ4v) is 3.51. The molecule has 1 unspecified atom stereocenters. The predicted molar refractivity (Wildman–Crippen MR) is 103 cm³/mol. The van der Waals surface area contributed by atoms with Gasteiger partial charge >= 0.3 is 0 Å². The van der Waals surface area contributed by atoms with Crippen LogP contribution in [0.4, 0.5) is 15.9 Å². The monoisotopic (exact) mass is 368 g/mol. The molecule has 2 aromatic carbocycles. The Morgan fingerprint density at radius 2 is 1.93 bits per heavy atom. The maximum Gasteiger partial charge on any atom is 0.167 e. The fraction of sp³-hybridized carbons (Fsp3) is 0.300. The number of fused-ring (bicyclic) bond motifs is 1. The first-order chi connectivity index (χ1) is 13.2. The maximum atomic E-state index is 13.9. The van der Waals surface area contributed by atoms with Crippen LogP contribution in [0.2, 0.25) is 0 Å². The summed E-state index contributed by atoms with van der Waals surface area (Å²) in [5, 5.41) is 4.22. The molecule has 1 fully saturated rings. The summed E-state index contributed by atoms with van der Waals surface area (Å²) in [6.45, 7) is 1.74. The lowest BCUT2D eigenvalue weighted by atomic mass is 10.2. The SMILES string of the molecule is COc1cc2c(NC3CCN(c4ccccc4OC)C3)ncnc2cc1F. The van der Waals surface area contributed by atoms with Crippen molar-refractivity contribution in [2.24, 2.45) is 0 Å². The number of rotatable bonds is 5. The third-order valence-electron chi connectivity index (χ3n) is 4.86. The molecule has 1 aromatic heterocycles. The summed E-state index contributed by atoms with van der Waals surface area (Å²) >= 11 is 0. The van der Waals surface area contributed by atoms with E-state index in [0.717, 1.165) is 36.3 Å². The highest BCUT2D eigenvalue weighted by atomic mass is 19.1. The first-order valence-electron chi connectivity index (χ1n) is 8.82. The first-order valence-corrected chi connectivity index (χ1v) is 8.82. The molecule has 2 heterocycles. The summed E-state index contributed by atoms with van der Waals surface area (Å²) in [6, 6.07) is 11.2. The molecule has 140 valence electrons. The van der Waals surface area contributed by atoms with E-state index in [2.05, 4.69) is 26.3 Å². The first kappa shape index (κ1) is 17.3. The van der Waals surface area contributed by atoms with Crippen LogP contribution in [0.15, 0.2) is 42.7 Å². The number of hydrogen-bond donors (Lipinski definition) is 1. The van der Waals surface area contributed by atoms with Gasteiger partial charge in [-0.2, -0.15) is 0 Å². The summed E-state index contributed by atoms with van der Waals surface area (Å²) in [4.78, 5) is 10.8. The van der Waals surface area contributed by atoms with E-state index in [0.29, 0.717) is 11.3 Å². The molecule has 1 N–H and O–H groups in total. The van der Waals surface area contributed by atoms with Crippen LogP contribution < -0.4 is 19.7 Å². The molecule has 0 amide bonds. The molecule has 1 atom stereocenters. The van der Waals surface area contributed by atoms with E-state index < -0.39 is 5.82 Å². The van der Waals surface area contributed by atoms with E-state index in [-0.39, 0.29) is 11.8 Å². The van der Waals surface area contributed by atoms with Gasteiger partial charge in [-0.15, -0.1) is 0 Å². The lowest BCUT2D eigenvalue weighted by Gasteiger charge is -2.21. The molecule has 0 radical (unpaired) electrons. The number of benzene rings is 2. The molecule has 0 spiro atoms. The van der Waals surface area contributed by atoms with Crippen molar-refractivity contribution in [3.8, 4) is 11.5 Å². The Morgan fingerprint density at radius 1 is 1.11 bits per heavy atom. The number of aromatic nitrogens is 2. The highest BCUT2D eigenvalue weighted by molar-refractivity contribution is 5.90. The Labute approximate surface area is 156 Å². The van der Waals surface area contributed by atoms with E-state index in [9.17, 15) is 4.39 Å². The summed E-state index contributed by atoms with van der Waals surface area (Å²) in [6.07, 6.45) is 2.41. The predicted octanol–water partition coefficient (Wildman–Crippen LogP) is 3.48. The number of methoxy groups -OCH3 is 2. The molecule has 0 saturated carbocycles. The van der Waals surface area contributed by atoms with Gasteiger partial charge in [0.1, 0.15) is 17.9 Å². The molecule has 3 aromatic rings. The summed E-state index contributed by atoms with van der Waals surface area (Å²) in [7, 11) is 3.13. The minimum atomic E-state index is -0.433. The van der Waals surface area contributed by atoms with Crippen molar-refractivity contribution in [3.63, 3.8) is 0 Å². The van der Waals surface area contributed by atoms with E-state index in [1.54, 1.807) is 13.2 Å². The van der Waals surface area contributed by atoms with Gasteiger partial charge in [-0.3, -0.25) is 0 Å². The van der Waals surface area contributed by atoms with Crippen LogP contribution in [-0.4, -0.2) is 43.3 Å². The zero-order valence-corrected chi connectivity index (χ0v) is 15.3. The van der Waals surface area contributed by atoms with Crippen LogP contribution in [0.25, 0.3) is 10.9 Å². The largest absolute Gasteiger partial charge is 0.495 e. The number of ether oxygens (including phenoxy) is 2. The van der Waals surface area contributed by atoms with Crippen LogP contribution in [0.5, 0.6) is 11.5 Å². The lowest BCUT2D eigenvalue weighted by molar-refractivity contribution is 0.387. The quantitative estimate of drug-likeness (QED) is 0.744. The molecule has 0 bridgehead atoms. The van der Waals surface area contributed by atoms with Gasteiger partial charge in [0.05, 0.1) is 25.4 Å². The van der Waals surface area contributed by atoms with Gasteiger partial charge in [0, 0.05) is 30.6 Å². The molecule has 7 heteroatoms. The summed E-state index contributed by atoms with van der Waals surface area (Å²) in [5.41, 5.74) is 1.63. The van der Waals surface area contributed by atoms with Crippen molar-refractivity contribution in [3.05, 3.63) is 48.5 Å². The second-order valence-corrected chi connectivity index (χ2v) is 6.47. The van der Waals surface area contributed by atoms with Crippen LogP contribution in [-0.2, 0) is 0 Å². The average molecular weight is 368 g/mol. The normalized spacial score (nSPS) is 16.6. The van der Waals surface area contributed by atoms with Crippen LogP contribution in [0.1, 0.15) is 6.42 Å². The van der Waals surface area contributed by atoms with E-state index >= 15 is 0 Å². The number of nitrogens with zero attached hydrogens (tertiary/aromatic N) is 3. The standard InChI is InChI=1S/C20H21FN4O2/c1-26-18-6-4-3-5-17(18)25-8-7-13(11-25)24-20-14-9-19(27-2)15(21)10-16(14)22-12-23-20/h3-6,9-10,12-13H,7-8,11H2,1-2H3,(H,22,23,24). The molecule has 4 rings (SSSR count). The molecule has 6 nitrogen and oxygen atoms in total. The van der Waals surface area contributed by atoms with Crippen LogP contribution in [0.3, 0.4) is 0 Å². The molecule has 0 aliphatic carbocycles. The Hall–Kier alpha value is -3.09. The minimum absolute atomic E-state index is 0.183. The Balaban J connectivity index is 1.57. The highest BCUT2D eigenvalue weighted by Gasteiger charge is 2.25. The minimum Gasteiger partial charge on any atom is -0.495 e. The number of anilines is 2. The van der Waals surface area contributed by atoms with Crippen molar-refractivity contribution in [1.29, 1.82) is 0 Å². The van der Waals surface area contributed by atoms with Gasteiger partial charge in [-0.25, -0.2) is 14.4 Å². The Bertz CT molecular complexity index is 966. The Kier molecular flexibility index (Phi) is 4.66. The molecule has 1 saturated heterocycles. The van der Waals surface area contributed by atoms with Gasteiger partial charge < -0.3 is 19.7 Å². The average Bonchev–Trinajstić information content (AvgIpc) is 3.16. The van der Waals surface area contributed by atoms with Crippen LogP contribution in [0, 0.1) is 5.82 Å². The topological polar surface area (TPSA) is 59.5 Å². The summed E-state index contributed by atoms with van der Waals surface area (Å²) < 4.78 is 24.5. The van der Waals surface area contributed by atoms with Crippen molar-refractivity contribution in [1.82, 2.24) is 9.97 Å². The van der Waals surface area contributed by atoms with Crippen molar-refractivity contribution in [2.45, 2.75) is 12.5 Å². The van der Waals surface area contributed by atoms with Crippen molar-refractivity contribution >= 4 is 22.4 Å². The van der Waals surface area contributed by atoms with E-state index in [1.165, 1.54) is 19.5 Å². The van der Waals surface area contributed by atoms with Crippen molar-refractivity contribution in [2.75, 3.05) is 37.5 Å². The van der Waals surface area contributed by atoms with Gasteiger partial charge in [-0.1, -0.05) is 12.1 Å². The fourth-order valence-electron chi connectivity index (χ4n) is 3.51. The number of para-hydroxylation sites is 2. The smallest absolute Gasteiger partial charge is 0.167 e. The maximum absolute atomic E-state index is 13.9. The zero-order chi connectivity index (χ0) is 18.8. The second kappa shape index (κ2) is 7.26. The molecule has 1 aliphatic heterocycles. The number of hydrogen-bond acceptors (Lipinski definition) is 6. The van der Waals surface area contributed by atoms with Crippen molar-refractivity contribution < 1.29 is 13.9 Å². The van der Waals surface area contributed by atoms with Gasteiger partial charge in [0.25, 0.3) is 0 Å². The highest BCUT2D eigenvalue weighted by Crippen LogP contribution is 2.32. The molecular weight excluding hydrogens is 347 g/mol. The zero-order valence-electron chi connectivity index (χ0n) is 15.3. The van der Waals surface area contributed by atoms with Gasteiger partial charge in [0.2, 0.25) is 0 Å². The third kappa shape index (κ3) is 3.32. The lowest BCUT2D eigenvalue weighted by Crippen LogP contribution is -2.26. The molecule has 27 heavy (non-hydrogen) atoms. The second-order valence-electron chi connectivity index (χ2n) is 6.47. The summed E-state index contributed by atoms with van der Waals surface area (Å²) in [5.74, 6) is 1.30. The van der Waals surface area contributed by atoms with Crippen LogP contribution >= 0.6 is 0 Å².